The summed E-state index contributed by atoms with van der Waals surface area (Å²) in [5.41, 5.74) is 0.125. The molecule has 4 aromatic rings. The third kappa shape index (κ3) is 5.40. The van der Waals surface area contributed by atoms with Crippen LogP contribution in [0.15, 0.2) is 63.0 Å². The topological polar surface area (TPSA) is 113 Å². The Balaban J connectivity index is 1.71. The van der Waals surface area contributed by atoms with E-state index in [0.717, 1.165) is 10.7 Å². The van der Waals surface area contributed by atoms with Crippen LogP contribution in [0.25, 0.3) is 10.9 Å². The first-order valence-electron chi connectivity index (χ1n) is 10.5. The molecule has 0 N–H and O–H groups in total. The molecule has 0 aliphatic carbocycles. The van der Waals surface area contributed by atoms with Crippen molar-refractivity contribution in [2.24, 2.45) is 5.10 Å². The van der Waals surface area contributed by atoms with Gasteiger partial charge in [-0.3, -0.25) is 14.9 Å². The lowest BCUT2D eigenvalue weighted by molar-refractivity contribution is -0.385. The zero-order valence-electron chi connectivity index (χ0n) is 19.2. The van der Waals surface area contributed by atoms with Gasteiger partial charge in [-0.2, -0.15) is 9.78 Å². The monoisotopic (exact) mass is 589 g/mol. The van der Waals surface area contributed by atoms with Crippen LogP contribution in [0, 0.1) is 10.1 Å². The van der Waals surface area contributed by atoms with E-state index in [1.165, 1.54) is 23.0 Å². The summed E-state index contributed by atoms with van der Waals surface area (Å²) in [6, 6.07) is 11.0. The Morgan fingerprint density at radius 1 is 1.14 bits per heavy atom. The Hall–Kier alpha value is -3.34. The maximum absolute atomic E-state index is 13.3. The number of halogens is 3. The van der Waals surface area contributed by atoms with Crippen molar-refractivity contribution < 1.29 is 9.66 Å². The molecule has 0 amide bonds. The Labute approximate surface area is 223 Å². The predicted molar refractivity (Wildman–Crippen MR) is 143 cm³/mol. The third-order valence-corrected chi connectivity index (χ3v) is 6.01. The molecule has 0 bridgehead atoms. The number of aromatic nitrogens is 3. The molecule has 0 aliphatic heterocycles. The van der Waals surface area contributed by atoms with Crippen LogP contribution in [0.2, 0.25) is 10.0 Å². The summed E-state index contributed by atoms with van der Waals surface area (Å²) >= 11 is 16.2. The van der Waals surface area contributed by atoms with Crippen LogP contribution in [0.1, 0.15) is 32.2 Å². The summed E-state index contributed by atoms with van der Waals surface area (Å²) in [5, 5.41) is 16.0. The molecule has 36 heavy (non-hydrogen) atoms. The van der Waals surface area contributed by atoms with Gasteiger partial charge in [0.2, 0.25) is 5.88 Å². The van der Waals surface area contributed by atoms with Crippen LogP contribution in [-0.2, 0) is 5.41 Å². The van der Waals surface area contributed by atoms with Gasteiger partial charge in [0.15, 0.2) is 5.75 Å². The third-order valence-electron chi connectivity index (χ3n) is 4.96. The van der Waals surface area contributed by atoms with Crippen LogP contribution < -0.4 is 10.3 Å². The number of pyridine rings is 1. The van der Waals surface area contributed by atoms with Crippen molar-refractivity contribution in [2.75, 3.05) is 0 Å². The minimum absolute atomic E-state index is 0.0839. The van der Waals surface area contributed by atoms with E-state index >= 15 is 0 Å². The van der Waals surface area contributed by atoms with Crippen molar-refractivity contribution in [3.63, 3.8) is 0 Å². The van der Waals surface area contributed by atoms with Crippen LogP contribution in [0.4, 0.5) is 5.69 Å². The van der Waals surface area contributed by atoms with E-state index in [-0.39, 0.29) is 32.9 Å². The van der Waals surface area contributed by atoms with Crippen molar-refractivity contribution in [2.45, 2.75) is 26.2 Å². The minimum atomic E-state index is -0.564. The first-order valence-corrected chi connectivity index (χ1v) is 12.0. The maximum atomic E-state index is 13.3. The normalized spacial score (nSPS) is 11.8. The Kier molecular flexibility index (Phi) is 7.12. The average Bonchev–Trinajstić information content (AvgIpc) is 2.80. The first-order chi connectivity index (χ1) is 16.9. The highest BCUT2D eigenvalue weighted by molar-refractivity contribution is 9.10. The van der Waals surface area contributed by atoms with Crippen LogP contribution in [0.3, 0.4) is 0 Å². The number of hydrogen-bond donors (Lipinski definition) is 0. The molecule has 0 atom stereocenters. The van der Waals surface area contributed by atoms with Crippen LogP contribution in [-0.4, -0.2) is 25.8 Å². The van der Waals surface area contributed by atoms with E-state index < -0.39 is 10.3 Å². The van der Waals surface area contributed by atoms with Crippen LogP contribution in [0.5, 0.6) is 11.6 Å². The summed E-state index contributed by atoms with van der Waals surface area (Å²) in [4.78, 5) is 32.1. The second kappa shape index (κ2) is 9.96. The number of fused-ring (bicyclic) bond motifs is 1. The Morgan fingerprint density at radius 3 is 2.42 bits per heavy atom. The second-order valence-electron chi connectivity index (χ2n) is 8.74. The molecule has 2 aromatic carbocycles. The van der Waals surface area contributed by atoms with Gasteiger partial charge in [-0.25, -0.2) is 9.97 Å². The molecule has 0 saturated carbocycles. The van der Waals surface area contributed by atoms with E-state index in [0.29, 0.717) is 22.3 Å². The Bertz CT molecular complexity index is 1560. The zero-order valence-corrected chi connectivity index (χ0v) is 22.3. The van der Waals surface area contributed by atoms with Crippen LogP contribution >= 0.6 is 39.1 Å². The first kappa shape index (κ1) is 25.7. The SMILES string of the molecule is CC(C)(C)c1nc2ccc(Br)cc2c(=O)n1N=Cc1cc(Cl)c(Oc2ccc([N+](=O)[O-])cn2)c(Cl)c1. The quantitative estimate of drug-likeness (QED) is 0.144. The lowest BCUT2D eigenvalue weighted by atomic mass is 9.95. The highest BCUT2D eigenvalue weighted by Crippen LogP contribution is 2.37. The molecule has 2 aromatic heterocycles. The molecule has 0 spiro atoms. The number of nitrogens with zero attached hydrogens (tertiary/aromatic N) is 5. The zero-order chi connectivity index (χ0) is 26.2. The van der Waals surface area contributed by atoms with Crippen molar-refractivity contribution in [1.29, 1.82) is 0 Å². The summed E-state index contributed by atoms with van der Waals surface area (Å²) in [5.74, 6) is 0.696. The maximum Gasteiger partial charge on any atom is 0.287 e. The summed E-state index contributed by atoms with van der Waals surface area (Å²) in [6.45, 7) is 5.83. The van der Waals surface area contributed by atoms with Gasteiger partial charge in [-0.1, -0.05) is 59.9 Å². The molecular formula is C24H18BrCl2N5O4. The largest absolute Gasteiger partial charge is 0.436 e. The van der Waals surface area contributed by atoms with E-state index in [9.17, 15) is 14.9 Å². The molecular weight excluding hydrogens is 573 g/mol. The Morgan fingerprint density at radius 2 is 1.83 bits per heavy atom. The van der Waals surface area contributed by atoms with Gasteiger partial charge in [-0.15, -0.1) is 0 Å². The van der Waals surface area contributed by atoms with Crippen molar-refractivity contribution >= 4 is 61.9 Å². The molecule has 2 heterocycles. The highest BCUT2D eigenvalue weighted by Gasteiger charge is 2.23. The van der Waals surface area contributed by atoms with Crippen molar-refractivity contribution in [3.8, 4) is 11.6 Å². The van der Waals surface area contributed by atoms with E-state index in [4.69, 9.17) is 27.9 Å². The van der Waals surface area contributed by atoms with Crippen molar-refractivity contribution in [3.05, 3.63) is 95.0 Å². The minimum Gasteiger partial charge on any atom is -0.436 e. The van der Waals surface area contributed by atoms with E-state index in [1.54, 1.807) is 24.3 Å². The summed E-state index contributed by atoms with van der Waals surface area (Å²) in [7, 11) is 0. The van der Waals surface area contributed by atoms with Crippen molar-refractivity contribution in [1.82, 2.24) is 14.6 Å². The molecule has 0 saturated heterocycles. The molecule has 12 heteroatoms. The fourth-order valence-electron chi connectivity index (χ4n) is 3.26. The number of hydrogen-bond acceptors (Lipinski definition) is 7. The standard InChI is InChI=1S/C24H18BrCl2N5O4/c1-24(2,3)23-30-19-6-4-14(25)10-16(19)22(33)31(23)29-11-13-8-17(26)21(18(27)9-13)36-20-7-5-15(12-28-20)32(34)35/h4-12H,1-3H3. The number of nitro groups is 1. The fraction of sp³-hybridized carbons (Fsp3) is 0.167. The highest BCUT2D eigenvalue weighted by atomic mass is 79.9. The summed E-state index contributed by atoms with van der Waals surface area (Å²) < 4.78 is 7.64. The van der Waals surface area contributed by atoms with Gasteiger partial charge in [0.05, 0.1) is 32.1 Å². The molecule has 0 aliphatic rings. The van der Waals surface area contributed by atoms with E-state index in [2.05, 4.69) is 31.0 Å². The summed E-state index contributed by atoms with van der Waals surface area (Å²) in [6.07, 6.45) is 2.52. The van der Waals surface area contributed by atoms with Gasteiger partial charge >= 0.3 is 0 Å². The number of benzene rings is 2. The molecule has 0 unspecified atom stereocenters. The molecule has 184 valence electrons. The second-order valence-corrected chi connectivity index (χ2v) is 10.5. The van der Waals surface area contributed by atoms with Gasteiger partial charge in [0.25, 0.3) is 11.2 Å². The molecule has 4 rings (SSSR count). The number of ether oxygens (including phenoxy) is 1. The fourth-order valence-corrected chi connectivity index (χ4v) is 4.20. The molecule has 9 nitrogen and oxygen atoms in total. The van der Waals surface area contributed by atoms with Gasteiger partial charge in [0, 0.05) is 22.0 Å². The molecule has 0 radical (unpaired) electrons. The average molecular weight is 591 g/mol. The number of rotatable bonds is 5. The smallest absolute Gasteiger partial charge is 0.287 e. The van der Waals surface area contributed by atoms with Gasteiger partial charge in [0.1, 0.15) is 12.0 Å². The molecule has 0 fully saturated rings. The predicted octanol–water partition coefficient (Wildman–Crippen LogP) is 6.74. The van der Waals surface area contributed by atoms with Gasteiger partial charge in [-0.05, 0) is 35.9 Å². The lowest BCUT2D eigenvalue weighted by Gasteiger charge is -2.20. The lowest BCUT2D eigenvalue weighted by Crippen LogP contribution is -2.29. The van der Waals surface area contributed by atoms with Gasteiger partial charge < -0.3 is 4.74 Å². The van der Waals surface area contributed by atoms with E-state index in [1.807, 2.05) is 26.8 Å².